The van der Waals surface area contributed by atoms with Crippen molar-refractivity contribution in [2.45, 2.75) is 26.2 Å². The Balaban J connectivity index is 1.84. The number of carbonyl (C=O) groups excluding carboxylic acids is 2. The monoisotopic (exact) mass is 306 g/mol. The highest BCUT2D eigenvalue weighted by Crippen LogP contribution is 2.31. The molecule has 2 aliphatic heterocycles. The molecule has 2 saturated heterocycles. The third kappa shape index (κ3) is 2.64. The van der Waals surface area contributed by atoms with Crippen LogP contribution >= 0.6 is 11.6 Å². The molecule has 0 spiro atoms. The standard InChI is InChI=1S/C16H19ClN2O2/c1-11-7-13(19-10-12(9-17)8-16(19)21)4-5-14(11)18-6-2-3-15(18)20/h4-5,7,12H,2-3,6,8-10H2,1H3. The van der Waals surface area contributed by atoms with E-state index in [0.717, 1.165) is 29.9 Å². The highest BCUT2D eigenvalue weighted by atomic mass is 35.5. The first kappa shape index (κ1) is 14.4. The molecule has 2 fully saturated rings. The van der Waals surface area contributed by atoms with Crippen LogP contribution in [0, 0.1) is 12.8 Å². The van der Waals surface area contributed by atoms with Crippen molar-refractivity contribution < 1.29 is 9.59 Å². The molecule has 21 heavy (non-hydrogen) atoms. The molecule has 2 aliphatic rings. The third-order valence-corrected chi connectivity index (χ3v) is 4.72. The Bertz CT molecular complexity index is 588. The Hall–Kier alpha value is -1.55. The molecule has 2 amide bonds. The van der Waals surface area contributed by atoms with Crippen molar-refractivity contribution in [1.82, 2.24) is 0 Å². The van der Waals surface area contributed by atoms with Gasteiger partial charge in [0.2, 0.25) is 11.8 Å². The smallest absolute Gasteiger partial charge is 0.227 e. The molecule has 0 bridgehead atoms. The zero-order valence-corrected chi connectivity index (χ0v) is 12.9. The van der Waals surface area contributed by atoms with Crippen LogP contribution in [0.5, 0.6) is 0 Å². The first-order valence-corrected chi connectivity index (χ1v) is 7.91. The number of aryl methyl sites for hydroxylation is 1. The predicted molar refractivity (Wildman–Crippen MR) is 83.9 cm³/mol. The summed E-state index contributed by atoms with van der Waals surface area (Å²) in [6.45, 7) is 3.46. The second-order valence-electron chi connectivity index (χ2n) is 5.85. The number of nitrogens with zero attached hydrogens (tertiary/aromatic N) is 2. The second kappa shape index (κ2) is 5.68. The van der Waals surface area contributed by atoms with E-state index >= 15 is 0 Å². The number of hydrogen-bond acceptors (Lipinski definition) is 2. The summed E-state index contributed by atoms with van der Waals surface area (Å²) in [4.78, 5) is 27.5. The Labute approximate surface area is 129 Å². The molecule has 0 saturated carbocycles. The van der Waals surface area contributed by atoms with Gasteiger partial charge in [0.1, 0.15) is 0 Å². The van der Waals surface area contributed by atoms with Crippen LogP contribution in [0.4, 0.5) is 11.4 Å². The van der Waals surface area contributed by atoms with Crippen molar-refractivity contribution >= 4 is 34.8 Å². The maximum Gasteiger partial charge on any atom is 0.227 e. The number of hydrogen-bond donors (Lipinski definition) is 0. The highest BCUT2D eigenvalue weighted by Gasteiger charge is 2.30. The van der Waals surface area contributed by atoms with E-state index in [1.807, 2.05) is 30.0 Å². The highest BCUT2D eigenvalue weighted by molar-refractivity contribution is 6.18. The van der Waals surface area contributed by atoms with Crippen LogP contribution in [-0.4, -0.2) is 30.8 Å². The van der Waals surface area contributed by atoms with E-state index in [2.05, 4.69) is 0 Å². The summed E-state index contributed by atoms with van der Waals surface area (Å²) in [7, 11) is 0. The molecular formula is C16H19ClN2O2. The first-order valence-electron chi connectivity index (χ1n) is 7.37. The molecular weight excluding hydrogens is 288 g/mol. The first-order chi connectivity index (χ1) is 10.1. The van der Waals surface area contributed by atoms with Gasteiger partial charge in [0.05, 0.1) is 0 Å². The largest absolute Gasteiger partial charge is 0.312 e. The van der Waals surface area contributed by atoms with Gasteiger partial charge in [-0.15, -0.1) is 11.6 Å². The Kier molecular flexibility index (Phi) is 3.89. The van der Waals surface area contributed by atoms with Crippen LogP contribution in [0.3, 0.4) is 0 Å². The molecule has 0 aliphatic carbocycles. The maximum absolute atomic E-state index is 12.1. The summed E-state index contributed by atoms with van der Waals surface area (Å²) in [6, 6.07) is 5.88. The van der Waals surface area contributed by atoms with Gasteiger partial charge in [-0.3, -0.25) is 9.59 Å². The van der Waals surface area contributed by atoms with E-state index in [1.165, 1.54) is 0 Å². The lowest BCUT2D eigenvalue weighted by molar-refractivity contribution is -0.118. The molecule has 1 atom stereocenters. The van der Waals surface area contributed by atoms with Crippen molar-refractivity contribution in [2.24, 2.45) is 5.92 Å². The van der Waals surface area contributed by atoms with E-state index in [9.17, 15) is 9.59 Å². The van der Waals surface area contributed by atoms with Gasteiger partial charge < -0.3 is 9.80 Å². The SMILES string of the molecule is Cc1cc(N2CC(CCl)CC2=O)ccc1N1CCCC1=O. The fourth-order valence-corrected chi connectivity index (χ4v) is 3.35. The molecule has 4 nitrogen and oxygen atoms in total. The van der Waals surface area contributed by atoms with E-state index in [-0.39, 0.29) is 17.7 Å². The fourth-order valence-electron chi connectivity index (χ4n) is 3.15. The van der Waals surface area contributed by atoms with Crippen LogP contribution < -0.4 is 9.80 Å². The number of rotatable bonds is 3. The van der Waals surface area contributed by atoms with Gasteiger partial charge >= 0.3 is 0 Å². The van der Waals surface area contributed by atoms with Gasteiger partial charge in [0.25, 0.3) is 0 Å². The number of alkyl halides is 1. The lowest BCUT2D eigenvalue weighted by atomic mass is 10.1. The third-order valence-electron chi connectivity index (χ3n) is 4.28. The fraction of sp³-hybridized carbons (Fsp3) is 0.500. The van der Waals surface area contributed by atoms with E-state index < -0.39 is 0 Å². The number of benzene rings is 1. The van der Waals surface area contributed by atoms with Crippen molar-refractivity contribution in [1.29, 1.82) is 0 Å². The molecule has 1 aromatic rings. The minimum Gasteiger partial charge on any atom is -0.312 e. The van der Waals surface area contributed by atoms with Gasteiger partial charge in [0, 0.05) is 43.2 Å². The molecule has 0 N–H and O–H groups in total. The molecule has 0 aromatic heterocycles. The lowest BCUT2D eigenvalue weighted by Crippen LogP contribution is -2.26. The minimum atomic E-state index is 0.130. The van der Waals surface area contributed by atoms with E-state index in [4.69, 9.17) is 11.6 Å². The predicted octanol–water partition coefficient (Wildman–Crippen LogP) is 2.71. The zero-order chi connectivity index (χ0) is 15.0. The Morgan fingerprint density at radius 1 is 1.24 bits per heavy atom. The molecule has 1 unspecified atom stereocenters. The minimum absolute atomic E-state index is 0.130. The molecule has 112 valence electrons. The van der Waals surface area contributed by atoms with Gasteiger partial charge in [0.15, 0.2) is 0 Å². The van der Waals surface area contributed by atoms with E-state index in [1.54, 1.807) is 4.90 Å². The summed E-state index contributed by atoms with van der Waals surface area (Å²) < 4.78 is 0. The summed E-state index contributed by atoms with van der Waals surface area (Å²) in [5, 5.41) is 0. The number of amides is 2. The van der Waals surface area contributed by atoms with Gasteiger partial charge in [-0.1, -0.05) is 0 Å². The Morgan fingerprint density at radius 2 is 2.05 bits per heavy atom. The Morgan fingerprint density at radius 3 is 2.62 bits per heavy atom. The van der Waals surface area contributed by atoms with Crippen LogP contribution in [-0.2, 0) is 9.59 Å². The topological polar surface area (TPSA) is 40.6 Å². The number of carbonyl (C=O) groups is 2. The number of halogens is 1. The lowest BCUT2D eigenvalue weighted by Gasteiger charge is -2.22. The van der Waals surface area contributed by atoms with Crippen LogP contribution in [0.2, 0.25) is 0 Å². The molecule has 0 radical (unpaired) electrons. The van der Waals surface area contributed by atoms with Gasteiger partial charge in [-0.2, -0.15) is 0 Å². The molecule has 1 aromatic carbocycles. The summed E-state index contributed by atoms with van der Waals surface area (Å²) in [5.41, 5.74) is 2.90. The maximum atomic E-state index is 12.1. The molecule has 2 heterocycles. The average Bonchev–Trinajstić information content (AvgIpc) is 3.05. The van der Waals surface area contributed by atoms with Gasteiger partial charge in [-0.05, 0) is 43.0 Å². The van der Waals surface area contributed by atoms with Crippen LogP contribution in [0.15, 0.2) is 18.2 Å². The number of anilines is 2. The summed E-state index contributed by atoms with van der Waals surface area (Å²) >= 11 is 5.86. The summed E-state index contributed by atoms with van der Waals surface area (Å²) in [6.07, 6.45) is 2.07. The molecule has 3 rings (SSSR count). The van der Waals surface area contributed by atoms with Crippen molar-refractivity contribution in [3.05, 3.63) is 23.8 Å². The summed E-state index contributed by atoms with van der Waals surface area (Å²) in [5.74, 6) is 1.07. The quantitative estimate of drug-likeness (QED) is 0.806. The van der Waals surface area contributed by atoms with Crippen molar-refractivity contribution in [3.63, 3.8) is 0 Å². The average molecular weight is 307 g/mol. The van der Waals surface area contributed by atoms with Gasteiger partial charge in [-0.25, -0.2) is 0 Å². The van der Waals surface area contributed by atoms with Crippen LogP contribution in [0.25, 0.3) is 0 Å². The normalized spacial score (nSPS) is 22.5. The van der Waals surface area contributed by atoms with Crippen molar-refractivity contribution in [3.8, 4) is 0 Å². The molecule has 5 heteroatoms. The van der Waals surface area contributed by atoms with Crippen LogP contribution in [0.1, 0.15) is 24.8 Å². The second-order valence-corrected chi connectivity index (χ2v) is 6.16. The zero-order valence-electron chi connectivity index (χ0n) is 12.1. The van der Waals surface area contributed by atoms with Crippen molar-refractivity contribution in [2.75, 3.05) is 28.8 Å². The van der Waals surface area contributed by atoms with E-state index in [0.29, 0.717) is 25.3 Å².